The molecule has 0 spiro atoms. The highest BCUT2D eigenvalue weighted by Crippen LogP contribution is 2.18. The van der Waals surface area contributed by atoms with E-state index in [9.17, 15) is 9.59 Å². The lowest BCUT2D eigenvalue weighted by molar-refractivity contribution is 0.601. The van der Waals surface area contributed by atoms with Crippen LogP contribution >= 0.6 is 0 Å². The highest BCUT2D eigenvalue weighted by atomic mass is 16.2. The summed E-state index contributed by atoms with van der Waals surface area (Å²) < 4.78 is 2.82. The standard InChI is InChI=1S/C17H16N2O2/c1-2-18-11-10-16(20)19(17(18)21)12-14-8-5-7-13-6-3-4-9-15(13)14/h3-11H,2,12H2,1H3. The van der Waals surface area contributed by atoms with Gasteiger partial charge in [-0.2, -0.15) is 0 Å². The topological polar surface area (TPSA) is 44.0 Å². The van der Waals surface area contributed by atoms with Crippen LogP contribution in [0.15, 0.2) is 64.3 Å². The minimum atomic E-state index is -0.266. The third-order valence-electron chi connectivity index (χ3n) is 3.69. The van der Waals surface area contributed by atoms with Gasteiger partial charge in [-0.1, -0.05) is 42.5 Å². The first-order valence-corrected chi connectivity index (χ1v) is 6.97. The van der Waals surface area contributed by atoms with Gasteiger partial charge in [0.05, 0.1) is 6.54 Å². The molecule has 106 valence electrons. The monoisotopic (exact) mass is 280 g/mol. The van der Waals surface area contributed by atoms with Gasteiger partial charge in [0, 0.05) is 18.8 Å². The molecule has 0 atom stereocenters. The van der Waals surface area contributed by atoms with Crippen LogP contribution in [0.3, 0.4) is 0 Å². The molecule has 1 heterocycles. The summed E-state index contributed by atoms with van der Waals surface area (Å²) >= 11 is 0. The largest absolute Gasteiger partial charge is 0.331 e. The quantitative estimate of drug-likeness (QED) is 0.738. The Labute approximate surface area is 121 Å². The van der Waals surface area contributed by atoms with Gasteiger partial charge < -0.3 is 4.57 Å². The van der Waals surface area contributed by atoms with Crippen LogP contribution in [0.5, 0.6) is 0 Å². The first kappa shape index (κ1) is 13.4. The average molecular weight is 280 g/mol. The van der Waals surface area contributed by atoms with E-state index in [0.29, 0.717) is 13.1 Å². The summed E-state index contributed by atoms with van der Waals surface area (Å²) in [6, 6.07) is 15.3. The van der Waals surface area contributed by atoms with E-state index in [1.54, 1.807) is 6.20 Å². The molecule has 3 rings (SSSR count). The zero-order valence-corrected chi connectivity index (χ0v) is 11.8. The number of benzene rings is 2. The minimum Gasteiger partial charge on any atom is -0.301 e. The van der Waals surface area contributed by atoms with Crippen LogP contribution in [-0.2, 0) is 13.1 Å². The first-order chi connectivity index (χ1) is 10.2. The molecule has 0 fully saturated rings. The van der Waals surface area contributed by atoms with Crippen molar-refractivity contribution in [3.05, 3.63) is 81.1 Å². The van der Waals surface area contributed by atoms with Crippen molar-refractivity contribution in [2.45, 2.75) is 20.0 Å². The van der Waals surface area contributed by atoms with Gasteiger partial charge in [-0.3, -0.25) is 9.36 Å². The molecule has 0 unspecified atom stereocenters. The summed E-state index contributed by atoms with van der Waals surface area (Å²) in [5, 5.41) is 2.17. The van der Waals surface area contributed by atoms with Gasteiger partial charge in [-0.15, -0.1) is 0 Å². The van der Waals surface area contributed by atoms with Crippen LogP contribution in [0.4, 0.5) is 0 Å². The van der Waals surface area contributed by atoms with Crippen molar-refractivity contribution in [1.82, 2.24) is 9.13 Å². The normalized spacial score (nSPS) is 10.9. The lowest BCUT2D eigenvalue weighted by Gasteiger charge is -2.10. The second-order valence-corrected chi connectivity index (χ2v) is 4.95. The molecule has 0 amide bonds. The number of aryl methyl sites for hydroxylation is 1. The van der Waals surface area contributed by atoms with Crippen molar-refractivity contribution in [2.24, 2.45) is 0 Å². The Morgan fingerprint density at radius 3 is 2.52 bits per heavy atom. The summed E-state index contributed by atoms with van der Waals surface area (Å²) in [6.45, 7) is 2.72. The second kappa shape index (κ2) is 5.40. The van der Waals surface area contributed by atoms with E-state index >= 15 is 0 Å². The molecule has 0 N–H and O–H groups in total. The third kappa shape index (κ3) is 2.40. The summed E-state index contributed by atoms with van der Waals surface area (Å²) in [5.74, 6) is 0. The van der Waals surface area contributed by atoms with Crippen LogP contribution in [0.1, 0.15) is 12.5 Å². The molecule has 0 saturated carbocycles. The van der Waals surface area contributed by atoms with E-state index in [0.717, 1.165) is 16.3 Å². The molecule has 3 aromatic rings. The first-order valence-electron chi connectivity index (χ1n) is 6.97. The average Bonchev–Trinajstić information content (AvgIpc) is 2.52. The van der Waals surface area contributed by atoms with Crippen molar-refractivity contribution < 1.29 is 0 Å². The smallest absolute Gasteiger partial charge is 0.301 e. The molecule has 0 radical (unpaired) electrons. The summed E-state index contributed by atoms with van der Waals surface area (Å²) in [4.78, 5) is 24.3. The molecule has 0 aliphatic heterocycles. The molecule has 0 aliphatic rings. The van der Waals surface area contributed by atoms with Gasteiger partial charge in [0.2, 0.25) is 0 Å². The van der Waals surface area contributed by atoms with E-state index in [1.807, 2.05) is 49.4 Å². The van der Waals surface area contributed by atoms with E-state index in [2.05, 4.69) is 0 Å². The zero-order chi connectivity index (χ0) is 14.8. The number of hydrogen-bond acceptors (Lipinski definition) is 2. The fraction of sp³-hybridized carbons (Fsp3) is 0.176. The molecule has 2 aromatic carbocycles. The molecule has 0 bridgehead atoms. The van der Waals surface area contributed by atoms with Crippen LogP contribution in [0.25, 0.3) is 10.8 Å². The van der Waals surface area contributed by atoms with Crippen molar-refractivity contribution in [1.29, 1.82) is 0 Å². The molecule has 0 saturated heterocycles. The molecule has 21 heavy (non-hydrogen) atoms. The van der Waals surface area contributed by atoms with Crippen LogP contribution in [0, 0.1) is 0 Å². The van der Waals surface area contributed by atoms with Crippen molar-refractivity contribution in [2.75, 3.05) is 0 Å². The molecular weight excluding hydrogens is 264 g/mol. The molecule has 4 nitrogen and oxygen atoms in total. The van der Waals surface area contributed by atoms with Gasteiger partial charge in [0.15, 0.2) is 0 Å². The predicted molar refractivity (Wildman–Crippen MR) is 83.7 cm³/mol. The van der Waals surface area contributed by atoms with Crippen molar-refractivity contribution >= 4 is 10.8 Å². The number of hydrogen-bond donors (Lipinski definition) is 0. The lowest BCUT2D eigenvalue weighted by Crippen LogP contribution is -2.39. The highest BCUT2D eigenvalue weighted by Gasteiger charge is 2.07. The minimum absolute atomic E-state index is 0.266. The van der Waals surface area contributed by atoms with Gasteiger partial charge >= 0.3 is 5.69 Å². The Morgan fingerprint density at radius 2 is 1.71 bits per heavy atom. The molecule has 1 aromatic heterocycles. The van der Waals surface area contributed by atoms with Gasteiger partial charge in [-0.25, -0.2) is 4.79 Å². The van der Waals surface area contributed by atoms with Crippen LogP contribution in [0.2, 0.25) is 0 Å². The number of rotatable bonds is 3. The maximum atomic E-state index is 12.3. The summed E-state index contributed by atoms with van der Waals surface area (Å²) in [6.07, 6.45) is 1.55. The summed E-state index contributed by atoms with van der Waals surface area (Å²) in [5.41, 5.74) is 0.441. The maximum absolute atomic E-state index is 12.3. The SMILES string of the molecule is CCn1ccc(=O)n(Cc2cccc3ccccc23)c1=O. The van der Waals surface area contributed by atoms with Gasteiger partial charge in [-0.05, 0) is 23.3 Å². The number of aromatic nitrogens is 2. The van der Waals surface area contributed by atoms with E-state index in [4.69, 9.17) is 0 Å². The Morgan fingerprint density at radius 1 is 0.952 bits per heavy atom. The third-order valence-corrected chi connectivity index (χ3v) is 3.69. The molecule has 0 aliphatic carbocycles. The Kier molecular flexibility index (Phi) is 3.44. The molecule has 4 heteroatoms. The predicted octanol–water partition coefficient (Wildman–Crippen LogP) is 2.23. The number of fused-ring (bicyclic) bond motifs is 1. The highest BCUT2D eigenvalue weighted by molar-refractivity contribution is 5.85. The van der Waals surface area contributed by atoms with Gasteiger partial charge in [0.25, 0.3) is 5.56 Å². The Balaban J connectivity index is 2.16. The van der Waals surface area contributed by atoms with Crippen LogP contribution < -0.4 is 11.2 Å². The maximum Gasteiger partial charge on any atom is 0.331 e. The zero-order valence-electron chi connectivity index (χ0n) is 11.8. The van der Waals surface area contributed by atoms with Crippen LogP contribution in [-0.4, -0.2) is 9.13 Å². The van der Waals surface area contributed by atoms with Crippen molar-refractivity contribution in [3.63, 3.8) is 0 Å². The van der Waals surface area contributed by atoms with Crippen molar-refractivity contribution in [3.8, 4) is 0 Å². The van der Waals surface area contributed by atoms with E-state index in [-0.39, 0.29) is 11.2 Å². The Bertz CT molecular complexity index is 901. The fourth-order valence-corrected chi connectivity index (χ4v) is 2.54. The summed E-state index contributed by atoms with van der Waals surface area (Å²) in [7, 11) is 0. The second-order valence-electron chi connectivity index (χ2n) is 4.95. The van der Waals surface area contributed by atoms with Gasteiger partial charge in [0.1, 0.15) is 0 Å². The fourth-order valence-electron chi connectivity index (χ4n) is 2.54. The lowest BCUT2D eigenvalue weighted by atomic mass is 10.0. The number of nitrogens with zero attached hydrogens (tertiary/aromatic N) is 2. The van der Waals surface area contributed by atoms with E-state index in [1.165, 1.54) is 15.2 Å². The Hall–Kier alpha value is -2.62. The molecular formula is C17H16N2O2. The van der Waals surface area contributed by atoms with E-state index < -0.39 is 0 Å².